The van der Waals surface area contributed by atoms with Gasteiger partial charge in [-0.1, -0.05) is 45.6 Å². The Hall–Kier alpha value is -0.890. The van der Waals surface area contributed by atoms with Crippen molar-refractivity contribution in [3.63, 3.8) is 0 Å². The molecule has 0 bridgehead atoms. The SMILES string of the molecule is Cc1cc(F)ccc1CC(CNCC(C)C)C1CCCC1. The first kappa shape index (κ1) is 16.5. The third-order valence-electron chi connectivity index (χ3n) is 4.81. The van der Waals surface area contributed by atoms with Gasteiger partial charge in [0.05, 0.1) is 0 Å². The summed E-state index contributed by atoms with van der Waals surface area (Å²) in [6, 6.07) is 5.26. The lowest BCUT2D eigenvalue weighted by atomic mass is 9.84. The van der Waals surface area contributed by atoms with Crippen LogP contribution in [0.3, 0.4) is 0 Å². The van der Waals surface area contributed by atoms with Crippen molar-refractivity contribution in [3.8, 4) is 0 Å². The summed E-state index contributed by atoms with van der Waals surface area (Å²) in [6.07, 6.45) is 6.59. The van der Waals surface area contributed by atoms with Gasteiger partial charge in [-0.3, -0.25) is 0 Å². The summed E-state index contributed by atoms with van der Waals surface area (Å²) in [4.78, 5) is 0. The van der Waals surface area contributed by atoms with Crippen LogP contribution >= 0.6 is 0 Å². The molecule has 0 amide bonds. The van der Waals surface area contributed by atoms with Crippen LogP contribution in [0, 0.1) is 30.5 Å². The fraction of sp³-hybridized carbons (Fsp3) is 0.684. The van der Waals surface area contributed by atoms with E-state index in [1.165, 1.54) is 31.2 Å². The van der Waals surface area contributed by atoms with E-state index in [-0.39, 0.29) is 5.82 Å². The zero-order valence-electron chi connectivity index (χ0n) is 13.8. The molecular weight excluding hydrogens is 261 g/mol. The summed E-state index contributed by atoms with van der Waals surface area (Å²) >= 11 is 0. The Labute approximate surface area is 129 Å². The van der Waals surface area contributed by atoms with Gasteiger partial charge in [0.2, 0.25) is 0 Å². The van der Waals surface area contributed by atoms with E-state index in [9.17, 15) is 4.39 Å². The average Bonchev–Trinajstić information content (AvgIpc) is 2.93. The minimum Gasteiger partial charge on any atom is -0.316 e. The van der Waals surface area contributed by atoms with Crippen LogP contribution in [0.25, 0.3) is 0 Å². The molecule has 1 unspecified atom stereocenters. The Morgan fingerprint density at radius 3 is 2.52 bits per heavy atom. The third kappa shape index (κ3) is 5.10. The van der Waals surface area contributed by atoms with Crippen LogP contribution in [0.1, 0.15) is 50.7 Å². The second-order valence-electron chi connectivity index (χ2n) is 7.13. The maximum Gasteiger partial charge on any atom is 0.123 e. The predicted octanol–water partition coefficient (Wildman–Crippen LogP) is 4.73. The van der Waals surface area contributed by atoms with Crippen LogP contribution in [0.4, 0.5) is 4.39 Å². The van der Waals surface area contributed by atoms with Gasteiger partial charge < -0.3 is 5.32 Å². The monoisotopic (exact) mass is 291 g/mol. The van der Waals surface area contributed by atoms with Crippen LogP contribution in [-0.2, 0) is 6.42 Å². The molecule has 1 saturated carbocycles. The van der Waals surface area contributed by atoms with Gasteiger partial charge in [0.15, 0.2) is 0 Å². The highest BCUT2D eigenvalue weighted by Gasteiger charge is 2.25. The summed E-state index contributed by atoms with van der Waals surface area (Å²) in [6.45, 7) is 8.72. The molecule has 1 N–H and O–H groups in total. The normalized spacial score (nSPS) is 17.6. The van der Waals surface area contributed by atoms with E-state index in [4.69, 9.17) is 0 Å². The topological polar surface area (TPSA) is 12.0 Å². The lowest BCUT2D eigenvalue weighted by molar-refractivity contribution is 0.315. The van der Waals surface area contributed by atoms with Gasteiger partial charge in [-0.2, -0.15) is 0 Å². The second kappa shape index (κ2) is 7.93. The molecule has 1 atom stereocenters. The molecule has 0 saturated heterocycles. The van der Waals surface area contributed by atoms with Crippen LogP contribution in [0.5, 0.6) is 0 Å². The number of benzene rings is 1. The fourth-order valence-corrected chi connectivity index (χ4v) is 3.56. The van der Waals surface area contributed by atoms with Crippen molar-refractivity contribution < 1.29 is 4.39 Å². The zero-order valence-corrected chi connectivity index (χ0v) is 13.8. The summed E-state index contributed by atoms with van der Waals surface area (Å²) in [5.41, 5.74) is 2.42. The largest absolute Gasteiger partial charge is 0.316 e. The Morgan fingerprint density at radius 1 is 1.19 bits per heavy atom. The molecule has 1 aromatic carbocycles. The first-order chi connectivity index (χ1) is 10.1. The Bertz CT molecular complexity index is 435. The molecule has 0 radical (unpaired) electrons. The molecule has 2 heteroatoms. The zero-order chi connectivity index (χ0) is 15.2. The molecule has 0 aromatic heterocycles. The van der Waals surface area contributed by atoms with Crippen LogP contribution < -0.4 is 5.32 Å². The molecule has 1 aromatic rings. The molecule has 0 spiro atoms. The number of nitrogens with one attached hydrogen (secondary N) is 1. The lowest BCUT2D eigenvalue weighted by Crippen LogP contribution is -2.31. The fourth-order valence-electron chi connectivity index (χ4n) is 3.56. The minimum atomic E-state index is -0.119. The van der Waals surface area contributed by atoms with Gasteiger partial charge >= 0.3 is 0 Å². The maximum atomic E-state index is 13.3. The molecular formula is C19H30FN. The van der Waals surface area contributed by atoms with Crippen molar-refractivity contribution in [2.75, 3.05) is 13.1 Å². The smallest absolute Gasteiger partial charge is 0.123 e. The second-order valence-corrected chi connectivity index (χ2v) is 7.13. The number of hydrogen-bond donors (Lipinski definition) is 1. The van der Waals surface area contributed by atoms with E-state index in [0.29, 0.717) is 11.8 Å². The molecule has 1 aliphatic rings. The quantitative estimate of drug-likeness (QED) is 0.766. The standard InChI is InChI=1S/C19H30FN/c1-14(2)12-21-13-18(16-6-4-5-7-16)11-17-8-9-19(20)10-15(17)3/h8-10,14,16,18,21H,4-7,11-13H2,1-3H3. The van der Waals surface area contributed by atoms with Gasteiger partial charge in [-0.25, -0.2) is 4.39 Å². The molecule has 118 valence electrons. The van der Waals surface area contributed by atoms with Crippen molar-refractivity contribution in [2.24, 2.45) is 17.8 Å². The molecule has 0 heterocycles. The van der Waals surface area contributed by atoms with Gasteiger partial charge in [-0.15, -0.1) is 0 Å². The number of aryl methyl sites for hydroxylation is 1. The molecule has 1 nitrogen and oxygen atoms in total. The van der Waals surface area contributed by atoms with Crippen molar-refractivity contribution in [1.29, 1.82) is 0 Å². The van der Waals surface area contributed by atoms with Gasteiger partial charge in [-0.05, 0) is 67.4 Å². The highest BCUT2D eigenvalue weighted by atomic mass is 19.1. The Kier molecular flexibility index (Phi) is 6.22. The Morgan fingerprint density at radius 2 is 1.90 bits per heavy atom. The minimum absolute atomic E-state index is 0.119. The third-order valence-corrected chi connectivity index (χ3v) is 4.81. The molecule has 1 fully saturated rings. The number of hydrogen-bond acceptors (Lipinski definition) is 1. The van der Waals surface area contributed by atoms with Crippen molar-refractivity contribution in [2.45, 2.75) is 52.9 Å². The van der Waals surface area contributed by atoms with Crippen molar-refractivity contribution in [3.05, 3.63) is 35.1 Å². The van der Waals surface area contributed by atoms with Crippen molar-refractivity contribution in [1.82, 2.24) is 5.32 Å². The van der Waals surface area contributed by atoms with Gasteiger partial charge in [0, 0.05) is 0 Å². The van der Waals surface area contributed by atoms with Gasteiger partial charge in [0.1, 0.15) is 5.82 Å². The first-order valence-electron chi connectivity index (χ1n) is 8.52. The van der Waals surface area contributed by atoms with E-state index in [2.05, 4.69) is 19.2 Å². The van der Waals surface area contributed by atoms with E-state index in [1.807, 2.05) is 13.0 Å². The highest BCUT2D eigenvalue weighted by molar-refractivity contribution is 5.27. The van der Waals surface area contributed by atoms with Crippen LogP contribution in [0.15, 0.2) is 18.2 Å². The summed E-state index contributed by atoms with van der Waals surface area (Å²) in [5.74, 6) is 2.11. The summed E-state index contributed by atoms with van der Waals surface area (Å²) in [7, 11) is 0. The number of rotatable bonds is 7. The highest BCUT2D eigenvalue weighted by Crippen LogP contribution is 2.33. The first-order valence-corrected chi connectivity index (χ1v) is 8.52. The van der Waals surface area contributed by atoms with E-state index in [1.54, 1.807) is 12.1 Å². The summed E-state index contributed by atoms with van der Waals surface area (Å²) < 4.78 is 13.3. The lowest BCUT2D eigenvalue weighted by Gasteiger charge is -2.25. The van der Waals surface area contributed by atoms with Crippen LogP contribution in [-0.4, -0.2) is 13.1 Å². The van der Waals surface area contributed by atoms with E-state index >= 15 is 0 Å². The molecule has 0 aliphatic heterocycles. The average molecular weight is 291 g/mol. The molecule has 21 heavy (non-hydrogen) atoms. The van der Waals surface area contributed by atoms with Gasteiger partial charge in [0.25, 0.3) is 0 Å². The molecule has 2 rings (SSSR count). The maximum absolute atomic E-state index is 13.3. The Balaban J connectivity index is 2.00. The van der Waals surface area contributed by atoms with Crippen molar-refractivity contribution >= 4 is 0 Å². The predicted molar refractivity (Wildman–Crippen MR) is 88.0 cm³/mol. The van der Waals surface area contributed by atoms with Crippen LogP contribution in [0.2, 0.25) is 0 Å². The molecule has 1 aliphatic carbocycles. The number of halogens is 1. The van der Waals surface area contributed by atoms with E-state index in [0.717, 1.165) is 31.0 Å². The summed E-state index contributed by atoms with van der Waals surface area (Å²) in [5, 5.41) is 3.64. The van der Waals surface area contributed by atoms with E-state index < -0.39 is 0 Å².